The number of Topliss-reactive ketones (excluding diaryl/α,β-unsaturated/α-hetero) is 1. The summed E-state index contributed by atoms with van der Waals surface area (Å²) in [7, 11) is 0. The molecule has 0 saturated heterocycles. The van der Waals surface area contributed by atoms with Crippen molar-refractivity contribution in [2.24, 2.45) is 0 Å². The molecule has 0 fully saturated rings. The Bertz CT molecular complexity index is 463. The summed E-state index contributed by atoms with van der Waals surface area (Å²) in [6.45, 7) is 9.74. The predicted octanol–water partition coefficient (Wildman–Crippen LogP) is 5.32. The van der Waals surface area contributed by atoms with Crippen molar-refractivity contribution in [1.29, 1.82) is 0 Å². The summed E-state index contributed by atoms with van der Waals surface area (Å²) < 4.78 is 5.09. The predicted molar refractivity (Wildman–Crippen MR) is 96.3 cm³/mol. The first-order valence-corrected chi connectivity index (χ1v) is 8.41. The van der Waals surface area contributed by atoms with Crippen LogP contribution in [0.4, 0.5) is 0 Å². The van der Waals surface area contributed by atoms with E-state index in [0.29, 0.717) is 13.0 Å². The number of carbonyl (C=O) groups excluding carboxylic acids is 2. The summed E-state index contributed by atoms with van der Waals surface area (Å²) in [5.74, 6) is -0.0842. The Morgan fingerprint density at radius 3 is 1.96 bits per heavy atom. The molecule has 23 heavy (non-hydrogen) atoms. The molecule has 0 aliphatic carbocycles. The molecule has 0 aliphatic rings. The van der Waals surface area contributed by atoms with Crippen LogP contribution in [0, 0.1) is 0 Å². The first kappa shape index (κ1) is 21.4. The number of ether oxygens (including phenoxy) is 1. The van der Waals surface area contributed by atoms with E-state index >= 15 is 0 Å². The Hall–Kier alpha value is -1.64. The molecule has 0 aromatic carbocycles. The van der Waals surface area contributed by atoms with Crippen molar-refractivity contribution in [3.63, 3.8) is 0 Å². The molecule has 0 aromatic heterocycles. The molecule has 0 heterocycles. The van der Waals surface area contributed by atoms with E-state index in [1.54, 1.807) is 6.92 Å². The van der Waals surface area contributed by atoms with Gasteiger partial charge in [0, 0.05) is 13.3 Å². The molecule has 3 heteroatoms. The third-order valence-corrected chi connectivity index (χ3v) is 3.44. The van der Waals surface area contributed by atoms with Crippen molar-refractivity contribution in [3.8, 4) is 0 Å². The largest absolute Gasteiger partial charge is 0.461 e. The minimum atomic E-state index is -0.268. The summed E-state index contributed by atoms with van der Waals surface area (Å²) in [4.78, 5) is 22.0. The number of allylic oxidation sites excluding steroid dienone is 5. The first-order chi connectivity index (χ1) is 10.8. The number of ketones is 1. The molecule has 130 valence electrons. The van der Waals surface area contributed by atoms with Gasteiger partial charge in [-0.3, -0.25) is 4.79 Å². The Balaban J connectivity index is 4.37. The van der Waals surface area contributed by atoms with Crippen LogP contribution in [0.2, 0.25) is 0 Å². The Kier molecular flexibility index (Phi) is 11.9. The minimum Gasteiger partial charge on any atom is -0.461 e. The second-order valence-electron chi connectivity index (χ2n) is 6.29. The van der Waals surface area contributed by atoms with Crippen molar-refractivity contribution in [1.82, 2.24) is 0 Å². The van der Waals surface area contributed by atoms with Gasteiger partial charge in [0.1, 0.15) is 12.4 Å². The number of rotatable bonds is 11. The standard InChI is InChI=1S/C20H32O3/c1-16(2)9-6-10-17(3)11-7-13-20(15-23-19(5)22)14-8-12-18(4)21/h9,11,14H,6-8,10,12-13,15H2,1-5H3/b17-11+,20-14-. The quantitative estimate of drug-likeness (QED) is 0.382. The average Bonchev–Trinajstić information content (AvgIpc) is 2.43. The second kappa shape index (κ2) is 12.9. The maximum absolute atomic E-state index is 11.0. The van der Waals surface area contributed by atoms with Gasteiger partial charge in [-0.1, -0.05) is 29.4 Å². The number of carbonyl (C=O) groups is 2. The van der Waals surface area contributed by atoms with E-state index in [2.05, 4.69) is 32.9 Å². The van der Waals surface area contributed by atoms with Gasteiger partial charge in [0.15, 0.2) is 0 Å². The monoisotopic (exact) mass is 320 g/mol. The lowest BCUT2D eigenvalue weighted by Crippen LogP contribution is -2.03. The highest BCUT2D eigenvalue weighted by molar-refractivity contribution is 5.75. The summed E-state index contributed by atoms with van der Waals surface area (Å²) >= 11 is 0. The highest BCUT2D eigenvalue weighted by Crippen LogP contribution is 2.13. The van der Waals surface area contributed by atoms with Crippen LogP contribution in [0.15, 0.2) is 34.9 Å². The van der Waals surface area contributed by atoms with Crippen LogP contribution in [0.25, 0.3) is 0 Å². The van der Waals surface area contributed by atoms with E-state index in [-0.39, 0.29) is 11.8 Å². The van der Waals surface area contributed by atoms with Gasteiger partial charge in [-0.2, -0.15) is 0 Å². The van der Waals surface area contributed by atoms with Gasteiger partial charge in [0.25, 0.3) is 0 Å². The molecule has 3 nitrogen and oxygen atoms in total. The van der Waals surface area contributed by atoms with Crippen LogP contribution in [-0.4, -0.2) is 18.4 Å². The van der Waals surface area contributed by atoms with Crippen LogP contribution >= 0.6 is 0 Å². The van der Waals surface area contributed by atoms with Gasteiger partial charge in [-0.15, -0.1) is 0 Å². The van der Waals surface area contributed by atoms with Crippen LogP contribution in [0.1, 0.15) is 73.1 Å². The van der Waals surface area contributed by atoms with E-state index in [1.807, 2.05) is 6.08 Å². The highest BCUT2D eigenvalue weighted by atomic mass is 16.5. The van der Waals surface area contributed by atoms with E-state index in [4.69, 9.17) is 4.74 Å². The fourth-order valence-electron chi connectivity index (χ4n) is 2.10. The topological polar surface area (TPSA) is 43.4 Å². The zero-order chi connectivity index (χ0) is 17.7. The van der Waals surface area contributed by atoms with E-state index in [0.717, 1.165) is 37.7 Å². The van der Waals surface area contributed by atoms with Crippen LogP contribution in [0.3, 0.4) is 0 Å². The molecule has 0 spiro atoms. The maximum Gasteiger partial charge on any atom is 0.302 e. The lowest BCUT2D eigenvalue weighted by molar-refractivity contribution is -0.140. The SMILES string of the molecule is CC(=O)CC/C=C(/CC/C=C(\C)CCC=C(C)C)COC(C)=O. The van der Waals surface area contributed by atoms with E-state index < -0.39 is 0 Å². The summed E-state index contributed by atoms with van der Waals surface area (Å²) in [6.07, 6.45) is 11.8. The molecule has 0 unspecified atom stereocenters. The summed E-state index contributed by atoms with van der Waals surface area (Å²) in [5, 5.41) is 0. The molecule has 0 atom stereocenters. The molecule has 0 aromatic rings. The fourth-order valence-corrected chi connectivity index (χ4v) is 2.10. The lowest BCUT2D eigenvalue weighted by atomic mass is 10.0. The molecule has 0 saturated carbocycles. The maximum atomic E-state index is 11.0. The van der Waals surface area contributed by atoms with Gasteiger partial charge in [-0.25, -0.2) is 0 Å². The van der Waals surface area contributed by atoms with Crippen LogP contribution in [0.5, 0.6) is 0 Å². The van der Waals surface area contributed by atoms with E-state index in [1.165, 1.54) is 18.1 Å². The third-order valence-electron chi connectivity index (χ3n) is 3.44. The molecule has 0 bridgehead atoms. The summed E-state index contributed by atoms with van der Waals surface area (Å²) in [5.41, 5.74) is 3.84. The minimum absolute atomic E-state index is 0.183. The van der Waals surface area contributed by atoms with Gasteiger partial charge >= 0.3 is 5.97 Å². The Labute approximate surface area is 141 Å². The molecule has 0 amide bonds. The van der Waals surface area contributed by atoms with Crippen LogP contribution in [-0.2, 0) is 14.3 Å². The fraction of sp³-hybridized carbons (Fsp3) is 0.600. The van der Waals surface area contributed by atoms with Crippen molar-refractivity contribution in [2.75, 3.05) is 6.61 Å². The average molecular weight is 320 g/mol. The van der Waals surface area contributed by atoms with E-state index in [9.17, 15) is 9.59 Å². The summed E-state index contributed by atoms with van der Waals surface area (Å²) in [6, 6.07) is 0. The van der Waals surface area contributed by atoms with Crippen LogP contribution < -0.4 is 0 Å². The van der Waals surface area contributed by atoms with Crippen molar-refractivity contribution >= 4 is 11.8 Å². The van der Waals surface area contributed by atoms with Crippen molar-refractivity contribution < 1.29 is 14.3 Å². The van der Waals surface area contributed by atoms with Gasteiger partial charge in [0.2, 0.25) is 0 Å². The second-order valence-corrected chi connectivity index (χ2v) is 6.29. The van der Waals surface area contributed by atoms with Gasteiger partial charge in [-0.05, 0) is 65.4 Å². The number of hydrogen-bond donors (Lipinski definition) is 0. The van der Waals surface area contributed by atoms with Crippen molar-refractivity contribution in [3.05, 3.63) is 34.9 Å². The number of hydrogen-bond acceptors (Lipinski definition) is 3. The number of esters is 1. The molecular formula is C20H32O3. The normalized spacial score (nSPS) is 12.0. The smallest absolute Gasteiger partial charge is 0.302 e. The van der Waals surface area contributed by atoms with Gasteiger partial charge < -0.3 is 9.53 Å². The third kappa shape index (κ3) is 15.0. The highest BCUT2D eigenvalue weighted by Gasteiger charge is 2.01. The zero-order valence-electron chi connectivity index (χ0n) is 15.4. The Morgan fingerprint density at radius 2 is 1.39 bits per heavy atom. The van der Waals surface area contributed by atoms with Crippen molar-refractivity contribution in [2.45, 2.75) is 73.1 Å². The molecule has 0 N–H and O–H groups in total. The molecular weight excluding hydrogens is 288 g/mol. The van der Waals surface area contributed by atoms with Gasteiger partial charge in [0.05, 0.1) is 0 Å². The first-order valence-electron chi connectivity index (χ1n) is 8.41. The molecule has 0 radical (unpaired) electrons. The molecule has 0 aliphatic heterocycles. The molecule has 0 rings (SSSR count). The lowest BCUT2D eigenvalue weighted by Gasteiger charge is -2.07. The Morgan fingerprint density at radius 1 is 0.783 bits per heavy atom. The zero-order valence-corrected chi connectivity index (χ0v) is 15.4.